The standard InChI is InChI=1S/C18H26N4O3S/c1-12-11-26-18(20-12)21-17(25)14-6-8-22(9-7-14)15(23)10-19-16(24)13-4-2-3-5-13/h11,13-14H,2-10H2,1H3,(H,19,24)(H,20,21,25). The summed E-state index contributed by atoms with van der Waals surface area (Å²) in [6.07, 6.45) is 5.33. The Balaban J connectivity index is 1.39. The summed E-state index contributed by atoms with van der Waals surface area (Å²) in [5, 5.41) is 8.16. The molecule has 1 saturated heterocycles. The van der Waals surface area contributed by atoms with Crippen LogP contribution in [0.5, 0.6) is 0 Å². The summed E-state index contributed by atoms with van der Waals surface area (Å²) >= 11 is 1.42. The molecule has 0 unspecified atom stereocenters. The highest BCUT2D eigenvalue weighted by atomic mass is 32.1. The number of anilines is 1. The fourth-order valence-electron chi connectivity index (χ4n) is 3.62. The lowest BCUT2D eigenvalue weighted by Crippen LogP contribution is -2.46. The number of piperidine rings is 1. The maximum atomic E-state index is 12.3. The van der Waals surface area contributed by atoms with Gasteiger partial charge < -0.3 is 15.5 Å². The molecule has 0 bridgehead atoms. The van der Waals surface area contributed by atoms with E-state index in [1.165, 1.54) is 11.3 Å². The van der Waals surface area contributed by atoms with Gasteiger partial charge in [0.15, 0.2) is 5.13 Å². The van der Waals surface area contributed by atoms with Gasteiger partial charge in [-0.2, -0.15) is 0 Å². The van der Waals surface area contributed by atoms with Gasteiger partial charge in [0.2, 0.25) is 17.7 Å². The van der Waals surface area contributed by atoms with Crippen LogP contribution in [0.15, 0.2) is 5.38 Å². The highest BCUT2D eigenvalue weighted by Gasteiger charge is 2.28. The molecule has 0 atom stereocenters. The highest BCUT2D eigenvalue weighted by molar-refractivity contribution is 7.13. The summed E-state index contributed by atoms with van der Waals surface area (Å²) in [6.45, 7) is 3.05. The van der Waals surface area contributed by atoms with E-state index >= 15 is 0 Å². The van der Waals surface area contributed by atoms with Gasteiger partial charge in [-0.1, -0.05) is 12.8 Å². The third kappa shape index (κ3) is 4.81. The SMILES string of the molecule is Cc1csc(NC(=O)C2CCN(C(=O)CNC(=O)C3CCCC3)CC2)n1. The minimum atomic E-state index is -0.101. The number of nitrogens with one attached hydrogen (secondary N) is 2. The molecule has 1 aliphatic heterocycles. The van der Waals surface area contributed by atoms with Crippen molar-refractivity contribution in [1.29, 1.82) is 0 Å². The van der Waals surface area contributed by atoms with Crippen LogP contribution in [0.2, 0.25) is 0 Å². The monoisotopic (exact) mass is 378 g/mol. The van der Waals surface area contributed by atoms with Gasteiger partial charge in [0.1, 0.15) is 0 Å². The Bertz CT molecular complexity index is 661. The lowest BCUT2D eigenvalue weighted by atomic mass is 9.96. The van der Waals surface area contributed by atoms with Crippen molar-refractivity contribution < 1.29 is 14.4 Å². The smallest absolute Gasteiger partial charge is 0.241 e. The van der Waals surface area contributed by atoms with Crippen molar-refractivity contribution in [3.63, 3.8) is 0 Å². The van der Waals surface area contributed by atoms with Crippen molar-refractivity contribution in [3.05, 3.63) is 11.1 Å². The molecule has 7 nitrogen and oxygen atoms in total. The maximum absolute atomic E-state index is 12.3. The van der Waals surface area contributed by atoms with Gasteiger partial charge in [0, 0.05) is 30.3 Å². The van der Waals surface area contributed by atoms with E-state index in [2.05, 4.69) is 15.6 Å². The van der Waals surface area contributed by atoms with Gasteiger partial charge in [-0.05, 0) is 32.6 Å². The number of nitrogens with zero attached hydrogens (tertiary/aromatic N) is 2. The summed E-state index contributed by atoms with van der Waals surface area (Å²) in [7, 11) is 0. The van der Waals surface area contributed by atoms with Crippen molar-refractivity contribution in [1.82, 2.24) is 15.2 Å². The molecule has 2 N–H and O–H groups in total. The molecular formula is C18H26N4O3S. The quantitative estimate of drug-likeness (QED) is 0.819. The number of thiazole rings is 1. The minimum Gasteiger partial charge on any atom is -0.347 e. The Morgan fingerprint density at radius 3 is 2.38 bits per heavy atom. The first-order valence-corrected chi connectivity index (χ1v) is 10.2. The van der Waals surface area contributed by atoms with Crippen LogP contribution in [0.3, 0.4) is 0 Å². The molecule has 2 fully saturated rings. The van der Waals surface area contributed by atoms with Crippen LogP contribution in [0.25, 0.3) is 0 Å². The van der Waals surface area contributed by atoms with E-state index in [-0.39, 0.29) is 36.1 Å². The van der Waals surface area contributed by atoms with E-state index in [0.29, 0.717) is 31.1 Å². The molecular weight excluding hydrogens is 352 g/mol. The van der Waals surface area contributed by atoms with E-state index in [1.807, 2.05) is 12.3 Å². The first-order chi connectivity index (χ1) is 12.5. The van der Waals surface area contributed by atoms with E-state index in [9.17, 15) is 14.4 Å². The van der Waals surface area contributed by atoms with Crippen molar-refractivity contribution in [2.24, 2.45) is 11.8 Å². The Hall–Kier alpha value is -1.96. The molecule has 0 spiro atoms. The van der Waals surface area contributed by atoms with Crippen LogP contribution in [0, 0.1) is 18.8 Å². The minimum absolute atomic E-state index is 0.00357. The van der Waals surface area contributed by atoms with Crippen molar-refractivity contribution in [2.45, 2.75) is 45.4 Å². The number of aromatic nitrogens is 1. The summed E-state index contributed by atoms with van der Waals surface area (Å²) in [5.74, 6) is -0.112. The summed E-state index contributed by atoms with van der Waals surface area (Å²) in [4.78, 5) is 42.6. The number of likely N-dealkylation sites (tertiary alicyclic amines) is 1. The number of hydrogen-bond acceptors (Lipinski definition) is 5. The fraction of sp³-hybridized carbons (Fsp3) is 0.667. The zero-order chi connectivity index (χ0) is 18.5. The topological polar surface area (TPSA) is 91.4 Å². The van der Waals surface area contributed by atoms with Crippen LogP contribution in [0.4, 0.5) is 5.13 Å². The molecule has 1 aromatic heterocycles. The van der Waals surface area contributed by atoms with Crippen LogP contribution in [-0.2, 0) is 14.4 Å². The third-order valence-electron chi connectivity index (χ3n) is 5.21. The average molecular weight is 378 g/mol. The predicted octanol–water partition coefficient (Wildman–Crippen LogP) is 1.94. The summed E-state index contributed by atoms with van der Waals surface area (Å²) < 4.78 is 0. The maximum Gasteiger partial charge on any atom is 0.241 e. The lowest BCUT2D eigenvalue weighted by Gasteiger charge is -2.31. The average Bonchev–Trinajstić information content (AvgIpc) is 3.31. The van der Waals surface area contributed by atoms with Gasteiger partial charge in [-0.25, -0.2) is 4.98 Å². The van der Waals surface area contributed by atoms with Crippen LogP contribution >= 0.6 is 11.3 Å². The molecule has 0 radical (unpaired) electrons. The zero-order valence-corrected chi connectivity index (χ0v) is 15.9. The van der Waals surface area contributed by atoms with Gasteiger partial charge in [0.25, 0.3) is 0 Å². The molecule has 142 valence electrons. The molecule has 2 aliphatic rings. The number of hydrogen-bond donors (Lipinski definition) is 2. The molecule has 26 heavy (non-hydrogen) atoms. The Morgan fingerprint density at radius 1 is 1.12 bits per heavy atom. The van der Waals surface area contributed by atoms with Gasteiger partial charge in [-0.15, -0.1) is 11.3 Å². The normalized spacial score (nSPS) is 18.7. The second kappa shape index (κ2) is 8.62. The molecule has 3 rings (SSSR count). The van der Waals surface area contributed by atoms with Crippen molar-refractivity contribution >= 4 is 34.2 Å². The van der Waals surface area contributed by atoms with Crippen LogP contribution in [0.1, 0.15) is 44.2 Å². The lowest BCUT2D eigenvalue weighted by molar-refractivity contribution is -0.136. The number of aryl methyl sites for hydroxylation is 1. The summed E-state index contributed by atoms with van der Waals surface area (Å²) in [5.41, 5.74) is 0.894. The molecule has 3 amide bonds. The first kappa shape index (κ1) is 18.8. The second-order valence-corrected chi connectivity index (χ2v) is 8.00. The Labute approximate surface area is 157 Å². The largest absolute Gasteiger partial charge is 0.347 e. The number of rotatable bonds is 5. The fourth-order valence-corrected chi connectivity index (χ4v) is 4.31. The Morgan fingerprint density at radius 2 is 1.77 bits per heavy atom. The van der Waals surface area contributed by atoms with Gasteiger partial charge in [0.05, 0.1) is 12.2 Å². The third-order valence-corrected chi connectivity index (χ3v) is 6.08. The number of carbonyl (C=O) groups is 3. The van der Waals surface area contributed by atoms with E-state index < -0.39 is 0 Å². The molecule has 8 heteroatoms. The first-order valence-electron chi connectivity index (χ1n) is 9.31. The van der Waals surface area contributed by atoms with Gasteiger partial charge in [-0.3, -0.25) is 14.4 Å². The van der Waals surface area contributed by atoms with Gasteiger partial charge >= 0.3 is 0 Å². The number of amides is 3. The van der Waals surface area contributed by atoms with Crippen molar-refractivity contribution in [2.75, 3.05) is 25.0 Å². The summed E-state index contributed by atoms with van der Waals surface area (Å²) in [6, 6.07) is 0. The molecule has 1 aliphatic carbocycles. The Kier molecular flexibility index (Phi) is 6.24. The van der Waals surface area contributed by atoms with E-state index in [1.54, 1.807) is 4.90 Å². The molecule has 1 saturated carbocycles. The zero-order valence-electron chi connectivity index (χ0n) is 15.1. The van der Waals surface area contributed by atoms with Crippen LogP contribution in [-0.4, -0.2) is 47.2 Å². The van der Waals surface area contributed by atoms with E-state index in [4.69, 9.17) is 0 Å². The van der Waals surface area contributed by atoms with Crippen molar-refractivity contribution in [3.8, 4) is 0 Å². The van der Waals surface area contributed by atoms with Crippen LogP contribution < -0.4 is 10.6 Å². The predicted molar refractivity (Wildman–Crippen MR) is 99.8 cm³/mol. The number of carbonyl (C=O) groups excluding carboxylic acids is 3. The second-order valence-electron chi connectivity index (χ2n) is 7.14. The van der Waals surface area contributed by atoms with E-state index in [0.717, 1.165) is 31.4 Å². The molecule has 0 aromatic carbocycles. The molecule has 2 heterocycles. The highest BCUT2D eigenvalue weighted by Crippen LogP contribution is 2.25. The molecule has 1 aromatic rings.